The van der Waals surface area contributed by atoms with Crippen molar-refractivity contribution in [2.75, 3.05) is 24.3 Å². The number of aromatic nitrogens is 3. The van der Waals surface area contributed by atoms with E-state index < -0.39 is 0 Å². The van der Waals surface area contributed by atoms with E-state index in [9.17, 15) is 4.79 Å². The van der Waals surface area contributed by atoms with E-state index in [0.29, 0.717) is 22.0 Å². The van der Waals surface area contributed by atoms with Crippen molar-refractivity contribution >= 4 is 35.1 Å². The van der Waals surface area contributed by atoms with Crippen molar-refractivity contribution in [3.8, 4) is 17.1 Å². The monoisotopic (exact) mass is 426 g/mol. The number of fused-ring (bicyclic) bond motifs is 1. The predicted octanol–water partition coefficient (Wildman–Crippen LogP) is 4.49. The summed E-state index contributed by atoms with van der Waals surface area (Å²) < 4.78 is 5.18. The van der Waals surface area contributed by atoms with Crippen molar-refractivity contribution in [1.82, 2.24) is 15.2 Å². The molecule has 1 N–H and O–H groups in total. The van der Waals surface area contributed by atoms with Gasteiger partial charge in [-0.1, -0.05) is 30.8 Å². The summed E-state index contributed by atoms with van der Waals surface area (Å²) in [7, 11) is 1.64. The van der Waals surface area contributed by atoms with Gasteiger partial charge in [0.15, 0.2) is 5.82 Å². The van der Waals surface area contributed by atoms with Crippen LogP contribution in [-0.4, -0.2) is 45.7 Å². The molecular formula is C21H22N4O2S2. The van der Waals surface area contributed by atoms with Crippen LogP contribution < -0.4 is 9.64 Å². The highest BCUT2D eigenvalue weighted by Crippen LogP contribution is 2.37. The van der Waals surface area contributed by atoms with Gasteiger partial charge in [-0.05, 0) is 42.8 Å². The average Bonchev–Trinajstić information content (AvgIpc) is 3.15. The van der Waals surface area contributed by atoms with Crippen LogP contribution >= 0.6 is 23.5 Å². The SMILES string of the molecule is COc1ccc(-c2nc(SCC(=O)N3CCC(C)Sc4ccccc43)n[nH]2)cc1. The quantitative estimate of drug-likeness (QED) is 0.606. The number of anilines is 1. The van der Waals surface area contributed by atoms with Crippen LogP contribution in [-0.2, 0) is 4.79 Å². The molecule has 6 nitrogen and oxygen atoms in total. The van der Waals surface area contributed by atoms with Crippen LogP contribution in [0, 0.1) is 0 Å². The minimum atomic E-state index is 0.0768. The first kappa shape index (κ1) is 19.8. The number of nitrogens with zero attached hydrogens (tertiary/aromatic N) is 3. The molecule has 1 aliphatic heterocycles. The third-order valence-corrected chi connectivity index (χ3v) is 6.77. The largest absolute Gasteiger partial charge is 0.497 e. The number of carbonyl (C=O) groups excluding carboxylic acids is 1. The van der Waals surface area contributed by atoms with Gasteiger partial charge in [-0.3, -0.25) is 9.89 Å². The Morgan fingerprint density at radius 3 is 2.86 bits per heavy atom. The van der Waals surface area contributed by atoms with Gasteiger partial charge in [-0.15, -0.1) is 16.9 Å². The lowest BCUT2D eigenvalue weighted by atomic mass is 10.2. The molecule has 150 valence electrons. The van der Waals surface area contributed by atoms with Crippen molar-refractivity contribution in [3.63, 3.8) is 0 Å². The van der Waals surface area contributed by atoms with Gasteiger partial charge in [-0.25, -0.2) is 4.98 Å². The first-order valence-electron chi connectivity index (χ1n) is 9.39. The molecule has 0 spiro atoms. The van der Waals surface area contributed by atoms with E-state index in [1.54, 1.807) is 7.11 Å². The Hall–Kier alpha value is -2.45. The van der Waals surface area contributed by atoms with Crippen LogP contribution in [0.1, 0.15) is 13.3 Å². The molecule has 0 radical (unpaired) electrons. The molecule has 1 unspecified atom stereocenters. The van der Waals surface area contributed by atoms with E-state index in [0.717, 1.165) is 34.9 Å². The van der Waals surface area contributed by atoms with Gasteiger partial charge in [-0.2, -0.15) is 0 Å². The number of aromatic amines is 1. The molecule has 0 saturated carbocycles. The maximum Gasteiger partial charge on any atom is 0.237 e. The normalized spacial score (nSPS) is 16.2. The second-order valence-corrected chi connectivity index (χ2v) is 9.14. The molecule has 3 aromatic rings. The summed E-state index contributed by atoms with van der Waals surface area (Å²) in [6, 6.07) is 15.7. The number of ether oxygens (including phenoxy) is 1. The van der Waals surface area contributed by atoms with Crippen molar-refractivity contribution in [3.05, 3.63) is 48.5 Å². The molecule has 0 fully saturated rings. The lowest BCUT2D eigenvalue weighted by Crippen LogP contribution is -2.33. The second kappa shape index (κ2) is 8.92. The standard InChI is InChI=1S/C21H22N4O2S2/c1-14-11-12-25(17-5-3-4-6-18(17)29-14)19(26)13-28-21-22-20(23-24-21)15-7-9-16(27-2)10-8-15/h3-10,14H,11-13H2,1-2H3,(H,22,23,24). The molecule has 2 aromatic carbocycles. The smallest absolute Gasteiger partial charge is 0.237 e. The van der Waals surface area contributed by atoms with E-state index >= 15 is 0 Å². The van der Waals surface area contributed by atoms with Crippen LogP contribution in [0.3, 0.4) is 0 Å². The lowest BCUT2D eigenvalue weighted by Gasteiger charge is -2.22. The Labute approximate surface area is 178 Å². The molecule has 1 aromatic heterocycles. The van der Waals surface area contributed by atoms with Crippen LogP contribution in [0.4, 0.5) is 5.69 Å². The highest BCUT2D eigenvalue weighted by Gasteiger charge is 2.24. The van der Waals surface area contributed by atoms with Crippen molar-refractivity contribution in [1.29, 1.82) is 0 Å². The number of hydrogen-bond acceptors (Lipinski definition) is 6. The Balaban J connectivity index is 1.43. The summed E-state index contributed by atoms with van der Waals surface area (Å²) in [6.45, 7) is 2.94. The van der Waals surface area contributed by atoms with Crippen LogP contribution in [0.5, 0.6) is 5.75 Å². The number of amides is 1. The number of rotatable bonds is 5. The zero-order valence-electron chi connectivity index (χ0n) is 16.3. The van der Waals surface area contributed by atoms with Crippen molar-refractivity contribution in [2.24, 2.45) is 0 Å². The summed E-state index contributed by atoms with van der Waals surface area (Å²) in [5.41, 5.74) is 1.92. The van der Waals surface area contributed by atoms with E-state index in [1.807, 2.05) is 59.1 Å². The molecule has 8 heteroatoms. The van der Waals surface area contributed by atoms with Gasteiger partial charge in [0.25, 0.3) is 0 Å². The fourth-order valence-corrected chi connectivity index (χ4v) is 4.93. The first-order valence-corrected chi connectivity index (χ1v) is 11.3. The molecule has 0 saturated heterocycles. The number of nitrogens with one attached hydrogen (secondary N) is 1. The van der Waals surface area contributed by atoms with Gasteiger partial charge >= 0.3 is 0 Å². The topological polar surface area (TPSA) is 71.1 Å². The van der Waals surface area contributed by atoms with E-state index in [1.165, 1.54) is 11.8 Å². The predicted molar refractivity (Wildman–Crippen MR) is 118 cm³/mol. The highest BCUT2D eigenvalue weighted by molar-refractivity contribution is 8.00. The van der Waals surface area contributed by atoms with Gasteiger partial charge in [0.05, 0.1) is 18.6 Å². The molecule has 0 bridgehead atoms. The number of carbonyl (C=O) groups is 1. The zero-order chi connectivity index (χ0) is 20.2. The molecule has 29 heavy (non-hydrogen) atoms. The fourth-order valence-electron chi connectivity index (χ4n) is 3.14. The Morgan fingerprint density at radius 2 is 2.07 bits per heavy atom. The minimum Gasteiger partial charge on any atom is -0.497 e. The minimum absolute atomic E-state index is 0.0768. The summed E-state index contributed by atoms with van der Waals surface area (Å²) in [5.74, 6) is 1.84. The number of thioether (sulfide) groups is 2. The van der Waals surface area contributed by atoms with Crippen molar-refractivity contribution in [2.45, 2.75) is 28.6 Å². The number of H-pyrrole nitrogens is 1. The summed E-state index contributed by atoms with van der Waals surface area (Å²) >= 11 is 3.18. The van der Waals surface area contributed by atoms with Crippen LogP contribution in [0.25, 0.3) is 11.4 Å². The van der Waals surface area contributed by atoms with E-state index in [4.69, 9.17) is 4.74 Å². The van der Waals surface area contributed by atoms with Gasteiger partial charge < -0.3 is 9.64 Å². The Morgan fingerprint density at radius 1 is 1.28 bits per heavy atom. The number of benzene rings is 2. The summed E-state index contributed by atoms with van der Waals surface area (Å²) in [6.07, 6.45) is 0.970. The maximum absolute atomic E-state index is 13.0. The van der Waals surface area contributed by atoms with Crippen LogP contribution in [0.15, 0.2) is 58.6 Å². The lowest BCUT2D eigenvalue weighted by molar-refractivity contribution is -0.116. The first-order chi connectivity index (χ1) is 14.1. The Bertz CT molecular complexity index is 990. The molecule has 0 aliphatic carbocycles. The molecule has 1 amide bonds. The zero-order valence-corrected chi connectivity index (χ0v) is 17.9. The molecule has 2 heterocycles. The van der Waals surface area contributed by atoms with Crippen molar-refractivity contribution < 1.29 is 9.53 Å². The van der Waals surface area contributed by atoms with E-state index in [-0.39, 0.29) is 5.91 Å². The fraction of sp³-hybridized carbons (Fsp3) is 0.286. The maximum atomic E-state index is 13.0. The van der Waals surface area contributed by atoms with E-state index in [2.05, 4.69) is 28.2 Å². The van der Waals surface area contributed by atoms with Gasteiger partial charge in [0.1, 0.15) is 5.75 Å². The number of para-hydroxylation sites is 1. The molecular weight excluding hydrogens is 404 g/mol. The second-order valence-electron chi connectivity index (χ2n) is 6.71. The Kier molecular flexibility index (Phi) is 6.10. The number of hydrogen-bond donors (Lipinski definition) is 1. The summed E-state index contributed by atoms with van der Waals surface area (Å²) in [4.78, 5) is 20.5. The molecule has 1 aliphatic rings. The summed E-state index contributed by atoms with van der Waals surface area (Å²) in [5, 5.41) is 8.24. The van der Waals surface area contributed by atoms with Gasteiger partial charge in [0.2, 0.25) is 11.1 Å². The molecule has 4 rings (SSSR count). The van der Waals surface area contributed by atoms with Gasteiger partial charge in [0, 0.05) is 22.3 Å². The highest BCUT2D eigenvalue weighted by atomic mass is 32.2. The van der Waals surface area contributed by atoms with Crippen LogP contribution in [0.2, 0.25) is 0 Å². The number of methoxy groups -OCH3 is 1. The third-order valence-electron chi connectivity index (χ3n) is 4.70. The average molecular weight is 427 g/mol. The molecule has 1 atom stereocenters. The third kappa shape index (κ3) is 4.59.